The SMILES string of the molecule is C1=CC[C@H]2[C@@H](C=C1)[C@@H]1[C@H]3CC[C@H](C3)[C@H]21. The van der Waals surface area contributed by atoms with Crippen LogP contribution in [-0.4, -0.2) is 0 Å². The molecule has 0 unspecified atom stereocenters. The lowest BCUT2D eigenvalue weighted by Crippen LogP contribution is -2.48. The van der Waals surface area contributed by atoms with Gasteiger partial charge in [-0.1, -0.05) is 24.3 Å². The summed E-state index contributed by atoms with van der Waals surface area (Å²) in [5.41, 5.74) is 0. The molecule has 3 fully saturated rings. The number of hydrogen-bond donors (Lipinski definition) is 0. The summed E-state index contributed by atoms with van der Waals surface area (Å²) >= 11 is 0. The van der Waals surface area contributed by atoms with Gasteiger partial charge in [0.15, 0.2) is 0 Å². The minimum Gasteiger partial charge on any atom is -0.0842 e. The van der Waals surface area contributed by atoms with Crippen molar-refractivity contribution >= 4 is 0 Å². The highest BCUT2D eigenvalue weighted by atomic mass is 14.7. The lowest BCUT2D eigenvalue weighted by Gasteiger charge is -2.53. The van der Waals surface area contributed by atoms with Crippen LogP contribution in [0, 0.1) is 35.5 Å². The van der Waals surface area contributed by atoms with E-state index in [0.29, 0.717) is 0 Å². The van der Waals surface area contributed by atoms with Gasteiger partial charge >= 0.3 is 0 Å². The molecule has 0 heteroatoms. The highest BCUT2D eigenvalue weighted by molar-refractivity contribution is 5.21. The molecule has 0 saturated heterocycles. The highest BCUT2D eigenvalue weighted by Gasteiger charge is 2.61. The molecule has 4 rings (SSSR count). The fourth-order valence-corrected chi connectivity index (χ4v) is 5.07. The van der Waals surface area contributed by atoms with Crippen LogP contribution in [0.1, 0.15) is 25.7 Å². The van der Waals surface area contributed by atoms with Gasteiger partial charge in [0.05, 0.1) is 0 Å². The number of fused-ring (bicyclic) bond motifs is 8. The molecular formula is C14H18. The predicted molar refractivity (Wildman–Crippen MR) is 57.7 cm³/mol. The van der Waals surface area contributed by atoms with Crippen LogP contribution in [-0.2, 0) is 0 Å². The first-order valence-electron chi connectivity index (χ1n) is 6.28. The summed E-state index contributed by atoms with van der Waals surface area (Å²) < 4.78 is 0. The minimum absolute atomic E-state index is 0.963. The molecule has 4 aliphatic rings. The Hall–Kier alpha value is -0.520. The van der Waals surface area contributed by atoms with Gasteiger partial charge in [0, 0.05) is 0 Å². The molecule has 74 valence electrons. The summed E-state index contributed by atoms with van der Waals surface area (Å²) in [5, 5.41) is 0. The zero-order valence-electron chi connectivity index (χ0n) is 8.60. The van der Waals surface area contributed by atoms with E-state index in [1.165, 1.54) is 6.42 Å². The average molecular weight is 186 g/mol. The van der Waals surface area contributed by atoms with Crippen molar-refractivity contribution in [2.24, 2.45) is 35.5 Å². The van der Waals surface area contributed by atoms with Crippen LogP contribution in [0.3, 0.4) is 0 Å². The third kappa shape index (κ3) is 0.769. The highest BCUT2D eigenvalue weighted by Crippen LogP contribution is 2.67. The van der Waals surface area contributed by atoms with Gasteiger partial charge < -0.3 is 0 Å². The first kappa shape index (κ1) is 7.73. The molecule has 0 radical (unpaired) electrons. The summed E-state index contributed by atoms with van der Waals surface area (Å²) in [5.74, 6) is 6.48. The van der Waals surface area contributed by atoms with Crippen molar-refractivity contribution in [2.75, 3.05) is 0 Å². The van der Waals surface area contributed by atoms with Crippen molar-refractivity contribution < 1.29 is 0 Å². The van der Waals surface area contributed by atoms with E-state index >= 15 is 0 Å². The fourth-order valence-electron chi connectivity index (χ4n) is 5.07. The van der Waals surface area contributed by atoms with Gasteiger partial charge in [0.2, 0.25) is 0 Å². The van der Waals surface area contributed by atoms with E-state index in [2.05, 4.69) is 24.3 Å². The van der Waals surface area contributed by atoms with Gasteiger partial charge in [-0.25, -0.2) is 0 Å². The summed E-state index contributed by atoms with van der Waals surface area (Å²) in [6.07, 6.45) is 15.5. The second kappa shape index (κ2) is 2.53. The van der Waals surface area contributed by atoms with Gasteiger partial charge in [-0.05, 0) is 61.2 Å². The van der Waals surface area contributed by atoms with E-state index in [1.54, 1.807) is 19.3 Å². The van der Waals surface area contributed by atoms with Crippen molar-refractivity contribution in [1.29, 1.82) is 0 Å². The van der Waals surface area contributed by atoms with Crippen LogP contribution >= 0.6 is 0 Å². The van der Waals surface area contributed by atoms with Crippen molar-refractivity contribution in [2.45, 2.75) is 25.7 Å². The zero-order valence-corrected chi connectivity index (χ0v) is 8.60. The fraction of sp³-hybridized carbons (Fsp3) is 0.714. The van der Waals surface area contributed by atoms with Crippen LogP contribution in [0.4, 0.5) is 0 Å². The molecule has 0 aliphatic heterocycles. The minimum atomic E-state index is 0.963. The third-order valence-corrected chi connectivity index (χ3v) is 5.47. The zero-order chi connectivity index (χ0) is 9.12. The Labute approximate surface area is 86.1 Å². The van der Waals surface area contributed by atoms with Crippen molar-refractivity contribution in [3.05, 3.63) is 24.3 Å². The quantitative estimate of drug-likeness (QED) is 0.544. The Morgan fingerprint density at radius 2 is 1.79 bits per heavy atom. The van der Waals surface area contributed by atoms with Crippen LogP contribution in [0.5, 0.6) is 0 Å². The Morgan fingerprint density at radius 1 is 0.929 bits per heavy atom. The van der Waals surface area contributed by atoms with E-state index in [1.807, 2.05) is 0 Å². The maximum atomic E-state index is 2.51. The Balaban J connectivity index is 1.69. The molecule has 0 aromatic heterocycles. The lowest BCUT2D eigenvalue weighted by molar-refractivity contribution is -0.0307. The van der Waals surface area contributed by atoms with E-state index in [0.717, 1.165) is 35.5 Å². The second-order valence-corrected chi connectivity index (χ2v) is 5.78. The molecule has 0 aromatic rings. The largest absolute Gasteiger partial charge is 0.0842 e. The van der Waals surface area contributed by atoms with E-state index in [-0.39, 0.29) is 0 Å². The Bertz CT molecular complexity index is 312. The van der Waals surface area contributed by atoms with Gasteiger partial charge in [0.1, 0.15) is 0 Å². The van der Waals surface area contributed by atoms with E-state index in [9.17, 15) is 0 Å². The predicted octanol–water partition coefficient (Wildman–Crippen LogP) is 3.41. The van der Waals surface area contributed by atoms with Crippen LogP contribution in [0.2, 0.25) is 0 Å². The van der Waals surface area contributed by atoms with Gasteiger partial charge in [-0.3, -0.25) is 0 Å². The van der Waals surface area contributed by atoms with E-state index < -0.39 is 0 Å². The smallest absolute Gasteiger partial charge is 0.0162 e. The molecule has 0 heterocycles. The molecule has 3 saturated carbocycles. The third-order valence-electron chi connectivity index (χ3n) is 5.47. The van der Waals surface area contributed by atoms with Gasteiger partial charge in [0.25, 0.3) is 0 Å². The molecule has 0 nitrogen and oxygen atoms in total. The number of allylic oxidation sites excluding steroid dienone is 4. The Kier molecular flexibility index (Phi) is 1.40. The first-order chi connectivity index (χ1) is 6.95. The summed E-state index contributed by atoms with van der Waals surface area (Å²) in [6.45, 7) is 0. The van der Waals surface area contributed by atoms with Gasteiger partial charge in [-0.2, -0.15) is 0 Å². The van der Waals surface area contributed by atoms with Gasteiger partial charge in [-0.15, -0.1) is 0 Å². The summed E-state index contributed by atoms with van der Waals surface area (Å²) in [6, 6.07) is 0. The van der Waals surface area contributed by atoms with Crippen molar-refractivity contribution in [3.63, 3.8) is 0 Å². The lowest BCUT2D eigenvalue weighted by atomic mass is 9.51. The molecule has 2 bridgehead atoms. The molecule has 0 aromatic carbocycles. The standard InChI is InChI=1S/C14H18/c1-2-4-11-12(5-3-1)14-10-7-6-9(8-10)13(11)14/h1-4,9-14H,5-8H2/t9-,10+,11+,12-,13-,14+/m0/s1. The second-order valence-electron chi connectivity index (χ2n) is 5.78. The number of hydrogen-bond acceptors (Lipinski definition) is 0. The normalized spacial score (nSPS) is 57.7. The average Bonchev–Trinajstić information content (AvgIpc) is 2.66. The maximum absolute atomic E-state index is 2.51. The molecule has 14 heavy (non-hydrogen) atoms. The first-order valence-corrected chi connectivity index (χ1v) is 6.28. The van der Waals surface area contributed by atoms with Crippen LogP contribution in [0.25, 0.3) is 0 Å². The van der Waals surface area contributed by atoms with Crippen molar-refractivity contribution in [3.8, 4) is 0 Å². The summed E-state index contributed by atoms with van der Waals surface area (Å²) in [4.78, 5) is 0. The van der Waals surface area contributed by atoms with Crippen molar-refractivity contribution in [1.82, 2.24) is 0 Å². The molecule has 6 atom stereocenters. The maximum Gasteiger partial charge on any atom is -0.0162 e. The molecule has 0 N–H and O–H groups in total. The van der Waals surface area contributed by atoms with E-state index in [4.69, 9.17) is 0 Å². The van der Waals surface area contributed by atoms with Crippen LogP contribution < -0.4 is 0 Å². The molecule has 4 aliphatic carbocycles. The molecular weight excluding hydrogens is 168 g/mol. The molecule has 0 spiro atoms. The summed E-state index contributed by atoms with van der Waals surface area (Å²) in [7, 11) is 0. The topological polar surface area (TPSA) is 0 Å². The molecule has 0 amide bonds. The number of rotatable bonds is 0. The monoisotopic (exact) mass is 186 g/mol. The van der Waals surface area contributed by atoms with Crippen LogP contribution in [0.15, 0.2) is 24.3 Å². The Morgan fingerprint density at radius 3 is 2.71 bits per heavy atom.